The summed E-state index contributed by atoms with van der Waals surface area (Å²) in [4.78, 5) is 11.5. The van der Waals surface area contributed by atoms with Crippen LogP contribution in [-0.2, 0) is 17.8 Å². The lowest BCUT2D eigenvalue weighted by Crippen LogP contribution is -2.23. The van der Waals surface area contributed by atoms with Gasteiger partial charge in [-0.05, 0) is 23.1 Å². The zero-order valence-corrected chi connectivity index (χ0v) is 10.5. The van der Waals surface area contributed by atoms with Gasteiger partial charge in [-0.15, -0.1) is 0 Å². The van der Waals surface area contributed by atoms with Crippen molar-refractivity contribution in [2.24, 2.45) is 5.92 Å². The quantitative estimate of drug-likeness (QED) is 0.866. The molecule has 1 aliphatic heterocycles. The van der Waals surface area contributed by atoms with Crippen molar-refractivity contribution in [1.29, 1.82) is 0 Å². The summed E-state index contributed by atoms with van der Waals surface area (Å²) in [5, 5.41) is 2.94. The molecule has 0 atom stereocenters. The molecule has 2 rings (SSSR count). The molecule has 0 fully saturated rings. The maximum atomic E-state index is 11.5. The third-order valence-electron chi connectivity index (χ3n) is 2.84. The highest BCUT2D eigenvalue weighted by Gasteiger charge is 2.12. The minimum atomic E-state index is 0.122. The zero-order valence-electron chi connectivity index (χ0n) is 10.5. The van der Waals surface area contributed by atoms with Gasteiger partial charge in [0.1, 0.15) is 5.75 Å². The van der Waals surface area contributed by atoms with Gasteiger partial charge >= 0.3 is 0 Å². The SMILES string of the molecule is CC(C)CC(=O)NCc1ccc2c(c1)CCO2. The highest BCUT2D eigenvalue weighted by molar-refractivity contribution is 5.76. The Hall–Kier alpha value is -1.51. The molecule has 3 nitrogen and oxygen atoms in total. The van der Waals surface area contributed by atoms with Crippen molar-refractivity contribution >= 4 is 5.91 Å². The predicted molar refractivity (Wildman–Crippen MR) is 66.9 cm³/mol. The Labute approximate surface area is 102 Å². The van der Waals surface area contributed by atoms with Crippen molar-refractivity contribution in [3.63, 3.8) is 0 Å². The van der Waals surface area contributed by atoms with E-state index in [-0.39, 0.29) is 5.91 Å². The Morgan fingerprint density at radius 2 is 2.29 bits per heavy atom. The van der Waals surface area contributed by atoms with Crippen LogP contribution in [0, 0.1) is 5.92 Å². The van der Waals surface area contributed by atoms with Crippen molar-refractivity contribution in [3.8, 4) is 5.75 Å². The van der Waals surface area contributed by atoms with Crippen LogP contribution in [0.15, 0.2) is 18.2 Å². The number of amides is 1. The number of benzene rings is 1. The number of carbonyl (C=O) groups excluding carboxylic acids is 1. The number of carbonyl (C=O) groups is 1. The molecule has 1 aliphatic rings. The van der Waals surface area contributed by atoms with E-state index in [1.807, 2.05) is 26.0 Å². The summed E-state index contributed by atoms with van der Waals surface area (Å²) in [5.41, 5.74) is 2.40. The van der Waals surface area contributed by atoms with Crippen molar-refractivity contribution in [1.82, 2.24) is 5.32 Å². The molecule has 1 N–H and O–H groups in total. The summed E-state index contributed by atoms with van der Waals surface area (Å²) in [6.45, 7) is 5.48. The van der Waals surface area contributed by atoms with E-state index < -0.39 is 0 Å². The van der Waals surface area contributed by atoms with Crippen molar-refractivity contribution in [3.05, 3.63) is 29.3 Å². The van der Waals surface area contributed by atoms with Gasteiger partial charge in [-0.1, -0.05) is 26.0 Å². The van der Waals surface area contributed by atoms with Crippen LogP contribution in [0.25, 0.3) is 0 Å². The van der Waals surface area contributed by atoms with Gasteiger partial charge in [0, 0.05) is 19.4 Å². The third kappa shape index (κ3) is 3.22. The molecule has 17 heavy (non-hydrogen) atoms. The van der Waals surface area contributed by atoms with E-state index in [2.05, 4.69) is 11.4 Å². The summed E-state index contributed by atoms with van der Waals surface area (Å²) in [6.07, 6.45) is 1.57. The van der Waals surface area contributed by atoms with Crippen LogP contribution in [0.2, 0.25) is 0 Å². The van der Waals surface area contributed by atoms with E-state index in [4.69, 9.17) is 4.74 Å². The standard InChI is InChI=1S/C14H19NO2/c1-10(2)7-14(16)15-9-11-3-4-13-12(8-11)5-6-17-13/h3-4,8,10H,5-7,9H2,1-2H3,(H,15,16). The van der Waals surface area contributed by atoms with Crippen molar-refractivity contribution < 1.29 is 9.53 Å². The Bertz CT molecular complexity index is 413. The van der Waals surface area contributed by atoms with E-state index in [9.17, 15) is 4.79 Å². The lowest BCUT2D eigenvalue weighted by atomic mass is 10.1. The fourth-order valence-corrected chi connectivity index (χ4v) is 1.99. The molecule has 0 spiro atoms. The molecule has 1 aromatic rings. The van der Waals surface area contributed by atoms with Crippen LogP contribution in [0.4, 0.5) is 0 Å². The van der Waals surface area contributed by atoms with Gasteiger partial charge in [-0.3, -0.25) is 4.79 Å². The van der Waals surface area contributed by atoms with Crippen molar-refractivity contribution in [2.45, 2.75) is 33.2 Å². The molecular weight excluding hydrogens is 214 g/mol. The smallest absolute Gasteiger partial charge is 0.220 e. The van der Waals surface area contributed by atoms with Crippen LogP contribution >= 0.6 is 0 Å². The topological polar surface area (TPSA) is 38.3 Å². The molecule has 1 aromatic carbocycles. The van der Waals surface area contributed by atoms with Gasteiger partial charge < -0.3 is 10.1 Å². The average molecular weight is 233 g/mol. The summed E-state index contributed by atoms with van der Waals surface area (Å²) in [7, 11) is 0. The van der Waals surface area contributed by atoms with Gasteiger partial charge in [0.15, 0.2) is 0 Å². The molecule has 92 valence electrons. The first-order chi connectivity index (χ1) is 8.15. The van der Waals surface area contributed by atoms with Crippen LogP contribution in [0.3, 0.4) is 0 Å². The highest BCUT2D eigenvalue weighted by Crippen LogP contribution is 2.25. The molecule has 1 amide bonds. The largest absolute Gasteiger partial charge is 0.493 e. The third-order valence-corrected chi connectivity index (χ3v) is 2.84. The summed E-state index contributed by atoms with van der Waals surface area (Å²) in [5.74, 6) is 1.52. The molecule has 0 radical (unpaired) electrons. The average Bonchev–Trinajstić information content (AvgIpc) is 2.72. The number of fused-ring (bicyclic) bond motifs is 1. The first kappa shape index (κ1) is 12.0. The number of ether oxygens (including phenoxy) is 1. The second-order valence-electron chi connectivity index (χ2n) is 4.92. The van der Waals surface area contributed by atoms with Gasteiger partial charge in [0.2, 0.25) is 5.91 Å². The molecule has 3 heteroatoms. The van der Waals surface area contributed by atoms with E-state index >= 15 is 0 Å². The molecule has 1 heterocycles. The first-order valence-corrected chi connectivity index (χ1v) is 6.16. The molecular formula is C14H19NO2. The van der Waals surface area contributed by atoms with Crippen molar-refractivity contribution in [2.75, 3.05) is 6.61 Å². The molecule has 0 saturated carbocycles. The Balaban J connectivity index is 1.89. The first-order valence-electron chi connectivity index (χ1n) is 6.16. The summed E-state index contributed by atoms with van der Waals surface area (Å²) >= 11 is 0. The molecule has 0 unspecified atom stereocenters. The van der Waals surface area contributed by atoms with Crippen LogP contribution in [0.5, 0.6) is 5.75 Å². The highest BCUT2D eigenvalue weighted by atomic mass is 16.5. The maximum absolute atomic E-state index is 11.5. The second-order valence-corrected chi connectivity index (χ2v) is 4.92. The molecule has 0 bridgehead atoms. The normalized spacial score (nSPS) is 13.4. The summed E-state index contributed by atoms with van der Waals surface area (Å²) < 4.78 is 5.44. The van der Waals surface area contributed by atoms with E-state index in [1.165, 1.54) is 5.56 Å². The van der Waals surface area contributed by atoms with E-state index in [0.717, 1.165) is 24.3 Å². The molecule has 0 aliphatic carbocycles. The van der Waals surface area contributed by atoms with Crippen LogP contribution in [-0.4, -0.2) is 12.5 Å². The fourth-order valence-electron chi connectivity index (χ4n) is 1.99. The fraction of sp³-hybridized carbons (Fsp3) is 0.500. The van der Waals surface area contributed by atoms with Crippen LogP contribution in [0.1, 0.15) is 31.4 Å². The molecule has 0 aromatic heterocycles. The maximum Gasteiger partial charge on any atom is 0.220 e. The Morgan fingerprint density at radius 1 is 1.47 bits per heavy atom. The lowest BCUT2D eigenvalue weighted by molar-refractivity contribution is -0.121. The number of rotatable bonds is 4. The lowest BCUT2D eigenvalue weighted by Gasteiger charge is -2.08. The minimum Gasteiger partial charge on any atom is -0.493 e. The van der Waals surface area contributed by atoms with E-state index in [1.54, 1.807) is 0 Å². The number of nitrogens with one attached hydrogen (secondary N) is 1. The zero-order chi connectivity index (χ0) is 12.3. The van der Waals surface area contributed by atoms with Gasteiger partial charge in [-0.2, -0.15) is 0 Å². The number of hydrogen-bond acceptors (Lipinski definition) is 2. The Kier molecular flexibility index (Phi) is 3.67. The minimum absolute atomic E-state index is 0.122. The molecule has 0 saturated heterocycles. The predicted octanol–water partition coefficient (Wildman–Crippen LogP) is 2.28. The second kappa shape index (κ2) is 5.21. The monoisotopic (exact) mass is 233 g/mol. The Morgan fingerprint density at radius 3 is 3.06 bits per heavy atom. The van der Waals surface area contributed by atoms with E-state index in [0.29, 0.717) is 18.9 Å². The van der Waals surface area contributed by atoms with Crippen LogP contribution < -0.4 is 10.1 Å². The van der Waals surface area contributed by atoms with Gasteiger partial charge in [-0.25, -0.2) is 0 Å². The number of hydrogen-bond donors (Lipinski definition) is 1. The summed E-state index contributed by atoms with van der Waals surface area (Å²) in [6, 6.07) is 6.13. The van der Waals surface area contributed by atoms with Gasteiger partial charge in [0.05, 0.1) is 6.61 Å². The van der Waals surface area contributed by atoms with Gasteiger partial charge in [0.25, 0.3) is 0 Å².